The lowest BCUT2D eigenvalue weighted by Gasteiger charge is -2.27. The van der Waals surface area contributed by atoms with Crippen LogP contribution in [-0.2, 0) is 4.84 Å². The molecule has 0 spiro atoms. The van der Waals surface area contributed by atoms with E-state index in [2.05, 4.69) is 10.4 Å². The highest BCUT2D eigenvalue weighted by Crippen LogP contribution is 2.17. The van der Waals surface area contributed by atoms with Crippen molar-refractivity contribution >= 4 is 0 Å². The lowest BCUT2D eigenvalue weighted by atomic mass is 10.2. The first-order chi connectivity index (χ1) is 6.97. The fourth-order valence-corrected chi connectivity index (χ4v) is 2.33. The van der Waals surface area contributed by atoms with E-state index in [1.165, 1.54) is 58.0 Å². The second kappa shape index (κ2) is 5.69. The molecular formula is C11H21N2O. The lowest BCUT2D eigenvalue weighted by Crippen LogP contribution is -2.41. The van der Waals surface area contributed by atoms with Crippen molar-refractivity contribution in [2.75, 3.05) is 19.7 Å². The second-order valence-corrected chi connectivity index (χ2v) is 4.37. The molecule has 2 aliphatic rings. The van der Waals surface area contributed by atoms with E-state index in [1.54, 1.807) is 0 Å². The Balaban J connectivity index is 1.83. The van der Waals surface area contributed by atoms with Crippen LogP contribution in [0.25, 0.3) is 0 Å². The van der Waals surface area contributed by atoms with Crippen molar-refractivity contribution in [1.29, 1.82) is 0 Å². The molecule has 2 rings (SSSR count). The van der Waals surface area contributed by atoms with Crippen molar-refractivity contribution in [1.82, 2.24) is 10.4 Å². The van der Waals surface area contributed by atoms with E-state index in [4.69, 9.17) is 4.84 Å². The van der Waals surface area contributed by atoms with Crippen LogP contribution >= 0.6 is 0 Å². The van der Waals surface area contributed by atoms with Crippen LogP contribution in [0, 0.1) is 0 Å². The monoisotopic (exact) mass is 197 g/mol. The fraction of sp³-hybridized carbons (Fsp3) is 1.00. The summed E-state index contributed by atoms with van der Waals surface area (Å²) in [5.74, 6) is 0. The first kappa shape index (κ1) is 10.4. The number of hydroxylamine groups is 1. The lowest BCUT2D eigenvalue weighted by molar-refractivity contribution is -0.0288. The maximum Gasteiger partial charge on any atom is 0.106 e. The normalized spacial score (nSPS) is 32.1. The van der Waals surface area contributed by atoms with Gasteiger partial charge >= 0.3 is 0 Å². The van der Waals surface area contributed by atoms with Gasteiger partial charge in [0, 0.05) is 0 Å². The average Bonchev–Trinajstić information content (AvgIpc) is 2.62. The molecule has 0 saturated carbocycles. The Labute approximate surface area is 86.8 Å². The minimum Gasteiger partial charge on any atom is -0.285 e. The summed E-state index contributed by atoms with van der Waals surface area (Å²) < 4.78 is 0. The average molecular weight is 197 g/mol. The van der Waals surface area contributed by atoms with Gasteiger partial charge in [-0.1, -0.05) is 18.3 Å². The summed E-state index contributed by atoms with van der Waals surface area (Å²) in [5.41, 5.74) is 4.31. The quantitative estimate of drug-likeness (QED) is 0.642. The summed E-state index contributed by atoms with van der Waals surface area (Å²) in [6, 6.07) is 0. The van der Waals surface area contributed by atoms with Gasteiger partial charge in [0.05, 0.1) is 6.61 Å². The Morgan fingerprint density at radius 2 is 1.71 bits per heavy atom. The van der Waals surface area contributed by atoms with Crippen LogP contribution in [0.5, 0.6) is 0 Å². The highest BCUT2D eigenvalue weighted by atomic mass is 16.6. The Morgan fingerprint density at radius 3 is 2.50 bits per heavy atom. The summed E-state index contributed by atoms with van der Waals surface area (Å²) in [4.78, 5) is 7.80. The molecule has 2 heterocycles. The van der Waals surface area contributed by atoms with Crippen LogP contribution in [0.15, 0.2) is 0 Å². The molecule has 2 fully saturated rings. The molecule has 0 N–H and O–H groups in total. The molecule has 0 aromatic carbocycles. The fourth-order valence-electron chi connectivity index (χ4n) is 2.33. The molecule has 3 heteroatoms. The summed E-state index contributed by atoms with van der Waals surface area (Å²) in [5, 5.41) is 0. The zero-order valence-electron chi connectivity index (χ0n) is 8.95. The highest BCUT2D eigenvalue weighted by Gasteiger charge is 2.22. The third kappa shape index (κ3) is 2.94. The summed E-state index contributed by atoms with van der Waals surface area (Å²) in [6.07, 6.45) is 9.46. The van der Waals surface area contributed by atoms with Gasteiger partial charge in [-0.15, -0.1) is 0 Å². The molecule has 3 nitrogen and oxygen atoms in total. The van der Waals surface area contributed by atoms with Crippen LogP contribution in [-0.4, -0.2) is 30.8 Å². The zero-order chi connectivity index (χ0) is 9.64. The van der Waals surface area contributed by atoms with Gasteiger partial charge in [0.25, 0.3) is 0 Å². The number of likely N-dealkylation sites (tertiary alicyclic amines) is 1. The van der Waals surface area contributed by atoms with E-state index in [1.807, 2.05) is 0 Å². The predicted molar refractivity (Wildman–Crippen MR) is 55.8 cm³/mol. The van der Waals surface area contributed by atoms with Crippen molar-refractivity contribution in [3.63, 3.8) is 0 Å². The van der Waals surface area contributed by atoms with Gasteiger partial charge in [-0.25, -0.2) is 0 Å². The maximum absolute atomic E-state index is 5.28. The second-order valence-electron chi connectivity index (χ2n) is 4.37. The van der Waals surface area contributed by atoms with E-state index >= 15 is 0 Å². The van der Waals surface area contributed by atoms with Crippen LogP contribution in [0.3, 0.4) is 0 Å². The molecule has 1 radical (unpaired) electrons. The summed E-state index contributed by atoms with van der Waals surface area (Å²) in [7, 11) is 0. The van der Waals surface area contributed by atoms with Crippen molar-refractivity contribution in [3.8, 4) is 0 Å². The van der Waals surface area contributed by atoms with E-state index in [0.717, 1.165) is 6.61 Å². The highest BCUT2D eigenvalue weighted by molar-refractivity contribution is 4.71. The van der Waals surface area contributed by atoms with Crippen LogP contribution in [0.4, 0.5) is 0 Å². The van der Waals surface area contributed by atoms with Crippen molar-refractivity contribution in [2.45, 2.75) is 51.1 Å². The minimum atomic E-state index is 0.357. The largest absolute Gasteiger partial charge is 0.285 e. The van der Waals surface area contributed by atoms with Gasteiger partial charge in [-0.05, 0) is 45.2 Å². The van der Waals surface area contributed by atoms with Crippen LogP contribution in [0.1, 0.15) is 44.9 Å². The van der Waals surface area contributed by atoms with Gasteiger partial charge in [-0.3, -0.25) is 9.74 Å². The Bertz CT molecular complexity index is 129. The molecule has 2 saturated heterocycles. The Hall–Kier alpha value is -0.120. The molecule has 14 heavy (non-hydrogen) atoms. The van der Waals surface area contributed by atoms with Crippen molar-refractivity contribution in [2.24, 2.45) is 0 Å². The smallest absolute Gasteiger partial charge is 0.106 e. The molecule has 1 unspecified atom stereocenters. The Morgan fingerprint density at radius 1 is 0.929 bits per heavy atom. The SMILES string of the molecule is C1CCCN(C2CCCCO[N]2)CC1. The number of hydrogen-bond donors (Lipinski definition) is 0. The first-order valence-corrected chi connectivity index (χ1v) is 6.03. The van der Waals surface area contributed by atoms with Gasteiger partial charge < -0.3 is 0 Å². The third-order valence-electron chi connectivity index (χ3n) is 3.21. The molecule has 1 atom stereocenters. The van der Waals surface area contributed by atoms with Gasteiger partial charge in [-0.2, -0.15) is 0 Å². The van der Waals surface area contributed by atoms with Crippen molar-refractivity contribution in [3.05, 3.63) is 0 Å². The van der Waals surface area contributed by atoms with E-state index in [0.29, 0.717) is 6.17 Å². The number of hydrogen-bond acceptors (Lipinski definition) is 2. The summed E-state index contributed by atoms with van der Waals surface area (Å²) in [6.45, 7) is 3.26. The Kier molecular flexibility index (Phi) is 4.22. The third-order valence-corrected chi connectivity index (χ3v) is 3.21. The minimum absolute atomic E-state index is 0.357. The van der Waals surface area contributed by atoms with Gasteiger partial charge in [0.2, 0.25) is 0 Å². The molecule has 0 bridgehead atoms. The van der Waals surface area contributed by atoms with Crippen LogP contribution in [0.2, 0.25) is 0 Å². The molecule has 0 amide bonds. The molecule has 0 aliphatic carbocycles. The number of rotatable bonds is 1. The van der Waals surface area contributed by atoms with Gasteiger partial charge in [0.15, 0.2) is 0 Å². The predicted octanol–water partition coefficient (Wildman–Crippen LogP) is 1.91. The molecule has 81 valence electrons. The maximum atomic E-state index is 5.28. The zero-order valence-corrected chi connectivity index (χ0v) is 8.95. The molecule has 0 aromatic rings. The standard InChI is InChI=1S/C11H21N2O/c1-2-5-9-13(8-4-1)11-7-3-6-10-14-12-11/h11H,1-10H2. The first-order valence-electron chi connectivity index (χ1n) is 6.03. The number of nitrogens with zero attached hydrogens (tertiary/aromatic N) is 2. The van der Waals surface area contributed by atoms with Crippen LogP contribution < -0.4 is 5.48 Å². The molecule has 0 aromatic heterocycles. The van der Waals surface area contributed by atoms with E-state index in [-0.39, 0.29) is 0 Å². The van der Waals surface area contributed by atoms with Gasteiger partial charge in [0.1, 0.15) is 6.17 Å². The van der Waals surface area contributed by atoms with E-state index < -0.39 is 0 Å². The van der Waals surface area contributed by atoms with E-state index in [9.17, 15) is 0 Å². The summed E-state index contributed by atoms with van der Waals surface area (Å²) >= 11 is 0. The molecular weight excluding hydrogens is 176 g/mol. The molecule has 2 aliphatic heterocycles. The topological polar surface area (TPSA) is 26.6 Å². The van der Waals surface area contributed by atoms with Crippen molar-refractivity contribution < 1.29 is 4.84 Å².